The molecule has 1 unspecified atom stereocenters. The van der Waals surface area contributed by atoms with Crippen LogP contribution in [0.2, 0.25) is 0 Å². The summed E-state index contributed by atoms with van der Waals surface area (Å²) in [4.78, 5) is 5.36. The summed E-state index contributed by atoms with van der Waals surface area (Å²) in [6, 6.07) is 8.52. The molecule has 0 aliphatic rings. The lowest BCUT2D eigenvalue weighted by atomic mass is 10.1. The summed E-state index contributed by atoms with van der Waals surface area (Å²) in [6.07, 6.45) is 0. The summed E-state index contributed by atoms with van der Waals surface area (Å²) in [7, 11) is 0. The van der Waals surface area contributed by atoms with Gasteiger partial charge in [-0.3, -0.25) is 0 Å². The van der Waals surface area contributed by atoms with Crippen molar-refractivity contribution >= 4 is 17.3 Å². The van der Waals surface area contributed by atoms with Crippen LogP contribution in [0.25, 0.3) is 0 Å². The van der Waals surface area contributed by atoms with E-state index < -0.39 is 12.2 Å². The normalized spacial score (nSPS) is 13.8. The monoisotopic (exact) mass is 427 g/mol. The van der Waals surface area contributed by atoms with Crippen molar-refractivity contribution in [3.8, 4) is 11.5 Å². The molecule has 0 bridgehead atoms. The van der Waals surface area contributed by atoms with Gasteiger partial charge in [-0.2, -0.15) is 8.78 Å². The number of hydrogen-bond donors (Lipinski definition) is 3. The average Bonchev–Trinajstić information content (AvgIpc) is 3.21. The number of halogens is 2. The summed E-state index contributed by atoms with van der Waals surface area (Å²) < 4.78 is 34.9. The van der Waals surface area contributed by atoms with Crippen LogP contribution in [0.4, 0.5) is 8.78 Å². The molecule has 3 N–H and O–H groups in total. The molecule has 29 heavy (non-hydrogen) atoms. The second-order valence-electron chi connectivity index (χ2n) is 6.39. The summed E-state index contributed by atoms with van der Waals surface area (Å²) in [5, 5.41) is 18.8. The van der Waals surface area contributed by atoms with Gasteiger partial charge in [0.2, 0.25) is 0 Å². The zero-order chi connectivity index (χ0) is 21.3. The second-order valence-corrected chi connectivity index (χ2v) is 7.34. The number of alkyl halides is 2. The number of hydrogen-bond acceptors (Lipinski definition) is 5. The predicted octanol–water partition coefficient (Wildman–Crippen LogP) is 3.71. The molecule has 2 rings (SSSR count). The van der Waals surface area contributed by atoms with Gasteiger partial charge in [-0.05, 0) is 49.9 Å². The number of aliphatic imine (C=N–C) groups is 1. The minimum atomic E-state index is -2.92. The Kier molecular flexibility index (Phi) is 8.66. The van der Waals surface area contributed by atoms with E-state index in [0.29, 0.717) is 25.7 Å². The van der Waals surface area contributed by atoms with Crippen molar-refractivity contribution < 1.29 is 23.4 Å². The van der Waals surface area contributed by atoms with Crippen molar-refractivity contribution in [3.63, 3.8) is 0 Å². The van der Waals surface area contributed by atoms with Gasteiger partial charge < -0.3 is 25.2 Å². The molecule has 0 aliphatic carbocycles. The lowest BCUT2D eigenvalue weighted by Gasteiger charge is -2.23. The minimum Gasteiger partial charge on any atom is -0.490 e. The van der Waals surface area contributed by atoms with Gasteiger partial charge in [0.15, 0.2) is 17.5 Å². The smallest absolute Gasteiger partial charge is 0.387 e. The summed E-state index contributed by atoms with van der Waals surface area (Å²) in [6.45, 7) is 4.09. The molecule has 1 aromatic heterocycles. The van der Waals surface area contributed by atoms with Crippen LogP contribution in [0.3, 0.4) is 0 Å². The van der Waals surface area contributed by atoms with Crippen LogP contribution in [0.5, 0.6) is 11.5 Å². The van der Waals surface area contributed by atoms with E-state index in [1.54, 1.807) is 26.0 Å². The lowest BCUT2D eigenvalue weighted by molar-refractivity contribution is -0.0514. The number of nitrogens with zero attached hydrogens (tertiary/aromatic N) is 1. The molecule has 160 valence electrons. The summed E-state index contributed by atoms with van der Waals surface area (Å²) >= 11 is 1.49. The van der Waals surface area contributed by atoms with Gasteiger partial charge >= 0.3 is 6.61 Å². The number of aliphatic hydroxyl groups is 1. The number of nitrogens with one attached hydrogen (secondary N) is 2. The highest BCUT2D eigenvalue weighted by atomic mass is 32.1. The lowest BCUT2D eigenvalue weighted by Crippen LogP contribution is -2.44. The van der Waals surface area contributed by atoms with E-state index in [-0.39, 0.29) is 18.0 Å². The van der Waals surface area contributed by atoms with Crippen LogP contribution in [0, 0.1) is 0 Å². The summed E-state index contributed by atoms with van der Waals surface area (Å²) in [5.41, 5.74) is -0.252. The molecule has 0 amide bonds. The standard InChI is InChI=1S/C20H27F2N3O3S/c1-4-23-19(25-13-20(3,26)17-7-6-10-29-17)24-12-14-8-9-15(28-18(21)22)16(11-14)27-5-2/h6-11,18,26H,4-5,12-13H2,1-3H3,(H2,23,24,25). The quantitative estimate of drug-likeness (QED) is 0.398. The largest absolute Gasteiger partial charge is 0.490 e. The second kappa shape index (κ2) is 11.0. The average molecular weight is 428 g/mol. The first-order chi connectivity index (χ1) is 13.9. The van der Waals surface area contributed by atoms with Crippen LogP contribution < -0.4 is 20.1 Å². The van der Waals surface area contributed by atoms with Crippen molar-refractivity contribution in [3.05, 3.63) is 46.2 Å². The zero-order valence-corrected chi connectivity index (χ0v) is 17.6. The van der Waals surface area contributed by atoms with Crippen molar-refractivity contribution in [2.45, 2.75) is 39.5 Å². The molecule has 0 aliphatic heterocycles. The Morgan fingerprint density at radius 1 is 1.24 bits per heavy atom. The zero-order valence-electron chi connectivity index (χ0n) is 16.7. The highest BCUT2D eigenvalue weighted by Crippen LogP contribution is 2.30. The maximum Gasteiger partial charge on any atom is 0.387 e. The van der Waals surface area contributed by atoms with E-state index >= 15 is 0 Å². The molecule has 6 nitrogen and oxygen atoms in total. The summed E-state index contributed by atoms with van der Waals surface area (Å²) in [5.74, 6) is 0.779. The highest BCUT2D eigenvalue weighted by molar-refractivity contribution is 7.10. The number of ether oxygens (including phenoxy) is 2. The molecule has 2 aromatic rings. The van der Waals surface area contributed by atoms with Crippen molar-refractivity contribution in [1.29, 1.82) is 0 Å². The van der Waals surface area contributed by atoms with Crippen molar-refractivity contribution in [2.24, 2.45) is 4.99 Å². The fraction of sp³-hybridized carbons (Fsp3) is 0.450. The van der Waals surface area contributed by atoms with Gasteiger partial charge in [0, 0.05) is 11.4 Å². The Bertz CT molecular complexity index is 783. The van der Waals surface area contributed by atoms with Gasteiger partial charge in [0.25, 0.3) is 0 Å². The molecular weight excluding hydrogens is 400 g/mol. The molecule has 0 radical (unpaired) electrons. The van der Waals surface area contributed by atoms with Gasteiger partial charge in [-0.1, -0.05) is 12.1 Å². The molecule has 1 aromatic carbocycles. The molecule has 0 saturated heterocycles. The molecule has 1 atom stereocenters. The van der Waals surface area contributed by atoms with E-state index in [2.05, 4.69) is 20.4 Å². The molecule has 0 saturated carbocycles. The van der Waals surface area contributed by atoms with Gasteiger partial charge in [0.1, 0.15) is 5.60 Å². The maximum atomic E-state index is 12.5. The van der Waals surface area contributed by atoms with Crippen molar-refractivity contribution in [1.82, 2.24) is 10.6 Å². The van der Waals surface area contributed by atoms with E-state index in [1.807, 2.05) is 24.4 Å². The fourth-order valence-electron chi connectivity index (χ4n) is 2.55. The Labute approximate surface area is 173 Å². The highest BCUT2D eigenvalue weighted by Gasteiger charge is 2.24. The van der Waals surface area contributed by atoms with E-state index in [1.165, 1.54) is 17.4 Å². The first-order valence-corrected chi connectivity index (χ1v) is 10.2. The molecule has 1 heterocycles. The minimum absolute atomic E-state index is 0.00777. The third-order valence-corrected chi connectivity index (χ3v) is 5.06. The molecule has 9 heteroatoms. The Morgan fingerprint density at radius 3 is 2.66 bits per heavy atom. The topological polar surface area (TPSA) is 75.1 Å². The van der Waals surface area contributed by atoms with Gasteiger partial charge in [-0.25, -0.2) is 4.99 Å². The number of thiophene rings is 1. The predicted molar refractivity (Wildman–Crippen MR) is 111 cm³/mol. The third-order valence-electron chi connectivity index (χ3n) is 3.94. The van der Waals surface area contributed by atoms with Crippen LogP contribution in [0.1, 0.15) is 31.2 Å². The van der Waals surface area contributed by atoms with Crippen LogP contribution >= 0.6 is 11.3 Å². The number of benzene rings is 1. The van der Waals surface area contributed by atoms with Crippen LogP contribution in [-0.2, 0) is 12.1 Å². The SMILES string of the molecule is CCNC(=NCc1ccc(OC(F)F)c(OCC)c1)NCC(C)(O)c1cccs1. The first kappa shape index (κ1) is 22.9. The van der Waals surface area contributed by atoms with Crippen molar-refractivity contribution in [2.75, 3.05) is 19.7 Å². The third kappa shape index (κ3) is 7.17. The van der Waals surface area contributed by atoms with Crippen LogP contribution in [0.15, 0.2) is 40.7 Å². The Balaban J connectivity index is 2.08. The van der Waals surface area contributed by atoms with Gasteiger partial charge in [-0.15, -0.1) is 11.3 Å². The Hall–Kier alpha value is -2.39. The Morgan fingerprint density at radius 2 is 2.03 bits per heavy atom. The van der Waals surface area contributed by atoms with Gasteiger partial charge in [0.05, 0.1) is 19.7 Å². The van der Waals surface area contributed by atoms with E-state index in [9.17, 15) is 13.9 Å². The first-order valence-electron chi connectivity index (χ1n) is 9.34. The van der Waals surface area contributed by atoms with E-state index in [0.717, 1.165) is 10.4 Å². The fourth-order valence-corrected chi connectivity index (χ4v) is 3.34. The maximum absolute atomic E-state index is 12.5. The molecular formula is C20H27F2N3O3S. The van der Waals surface area contributed by atoms with E-state index in [4.69, 9.17) is 4.74 Å². The number of rotatable bonds is 10. The molecule has 0 spiro atoms. The number of guanidine groups is 1. The molecule has 0 fully saturated rings. The van der Waals surface area contributed by atoms with Crippen LogP contribution in [-0.4, -0.2) is 37.4 Å².